The number of ether oxygens (including phenoxy) is 1. The van der Waals surface area contributed by atoms with Crippen molar-refractivity contribution in [1.82, 2.24) is 19.8 Å². The smallest absolute Gasteiger partial charge is 0.123 e. The normalized spacial score (nSPS) is 18.2. The zero-order valence-electron chi connectivity index (χ0n) is 14.2. The van der Waals surface area contributed by atoms with E-state index in [1.54, 1.807) is 12.4 Å². The van der Waals surface area contributed by atoms with Crippen molar-refractivity contribution < 1.29 is 4.74 Å². The van der Waals surface area contributed by atoms with Crippen molar-refractivity contribution >= 4 is 11.6 Å². The van der Waals surface area contributed by atoms with Gasteiger partial charge in [-0.05, 0) is 38.2 Å². The van der Waals surface area contributed by atoms with Crippen LogP contribution in [0.1, 0.15) is 17.7 Å². The molecule has 3 heterocycles. The van der Waals surface area contributed by atoms with E-state index in [0.717, 1.165) is 54.6 Å². The standard InChI is InChI=1S/C18H23ClN4O/c1-22(2)12-15-9-16(4-7-21-15)24-17-5-8-23(13-17)11-14-3-6-20-10-18(14)19/h3-4,6-7,9-10,17H,5,8,11-13H2,1-2H3. The fraction of sp³-hybridized carbons (Fsp3) is 0.444. The van der Waals surface area contributed by atoms with E-state index in [2.05, 4.69) is 19.8 Å². The third-order valence-corrected chi connectivity index (χ3v) is 4.39. The van der Waals surface area contributed by atoms with Crippen LogP contribution in [0.5, 0.6) is 5.75 Å². The maximum absolute atomic E-state index is 6.20. The summed E-state index contributed by atoms with van der Waals surface area (Å²) in [5.41, 5.74) is 2.14. The van der Waals surface area contributed by atoms with E-state index in [4.69, 9.17) is 16.3 Å². The molecule has 0 aromatic carbocycles. The molecule has 2 aromatic heterocycles. The minimum Gasteiger partial charge on any atom is -0.489 e. The van der Waals surface area contributed by atoms with Gasteiger partial charge in [0.05, 0.1) is 10.7 Å². The van der Waals surface area contributed by atoms with Crippen molar-refractivity contribution in [3.05, 3.63) is 53.1 Å². The summed E-state index contributed by atoms with van der Waals surface area (Å²) in [7, 11) is 4.07. The highest BCUT2D eigenvalue weighted by molar-refractivity contribution is 6.31. The van der Waals surface area contributed by atoms with Gasteiger partial charge in [0, 0.05) is 50.8 Å². The third-order valence-electron chi connectivity index (χ3n) is 4.05. The molecule has 128 valence electrons. The first-order chi connectivity index (χ1) is 11.6. The molecule has 0 radical (unpaired) electrons. The van der Waals surface area contributed by atoms with Crippen LogP contribution >= 0.6 is 11.6 Å². The molecule has 2 aromatic rings. The van der Waals surface area contributed by atoms with E-state index >= 15 is 0 Å². The zero-order chi connectivity index (χ0) is 16.9. The van der Waals surface area contributed by atoms with Gasteiger partial charge < -0.3 is 9.64 Å². The Hall–Kier alpha value is -1.69. The lowest BCUT2D eigenvalue weighted by molar-refractivity contribution is 0.198. The van der Waals surface area contributed by atoms with Crippen LogP contribution in [-0.4, -0.2) is 53.1 Å². The molecule has 0 bridgehead atoms. The van der Waals surface area contributed by atoms with Crippen molar-refractivity contribution in [3.8, 4) is 5.75 Å². The number of nitrogens with zero attached hydrogens (tertiary/aromatic N) is 4. The van der Waals surface area contributed by atoms with Gasteiger partial charge in [0.2, 0.25) is 0 Å². The van der Waals surface area contributed by atoms with Gasteiger partial charge in [0.15, 0.2) is 0 Å². The van der Waals surface area contributed by atoms with Crippen LogP contribution in [-0.2, 0) is 13.1 Å². The lowest BCUT2D eigenvalue weighted by atomic mass is 10.2. The van der Waals surface area contributed by atoms with Crippen LogP contribution in [0.15, 0.2) is 36.8 Å². The Bertz CT molecular complexity index is 680. The van der Waals surface area contributed by atoms with Crippen LogP contribution in [0.2, 0.25) is 5.02 Å². The van der Waals surface area contributed by atoms with Crippen LogP contribution in [0.4, 0.5) is 0 Å². The first-order valence-electron chi connectivity index (χ1n) is 8.17. The highest BCUT2D eigenvalue weighted by atomic mass is 35.5. The molecule has 0 aliphatic carbocycles. The molecule has 1 saturated heterocycles. The minimum atomic E-state index is 0.209. The molecule has 0 N–H and O–H groups in total. The summed E-state index contributed by atoms with van der Waals surface area (Å²) in [6, 6.07) is 5.94. The zero-order valence-corrected chi connectivity index (χ0v) is 14.9. The maximum Gasteiger partial charge on any atom is 0.123 e. The topological polar surface area (TPSA) is 41.5 Å². The molecule has 0 saturated carbocycles. The number of aromatic nitrogens is 2. The summed E-state index contributed by atoms with van der Waals surface area (Å²) in [6.07, 6.45) is 6.53. The fourth-order valence-corrected chi connectivity index (χ4v) is 3.12. The Morgan fingerprint density at radius 2 is 2.21 bits per heavy atom. The van der Waals surface area contributed by atoms with Crippen LogP contribution in [0.3, 0.4) is 0 Å². The molecule has 0 amide bonds. The van der Waals surface area contributed by atoms with Gasteiger partial charge in [-0.25, -0.2) is 0 Å². The second-order valence-electron chi connectivity index (χ2n) is 6.45. The lowest BCUT2D eigenvalue weighted by Crippen LogP contribution is -2.24. The van der Waals surface area contributed by atoms with Crippen molar-refractivity contribution in [1.29, 1.82) is 0 Å². The molecule has 6 heteroatoms. The first-order valence-corrected chi connectivity index (χ1v) is 8.55. The number of rotatable bonds is 6. The second-order valence-corrected chi connectivity index (χ2v) is 6.86. The largest absolute Gasteiger partial charge is 0.489 e. The molecule has 3 rings (SSSR count). The van der Waals surface area contributed by atoms with E-state index in [9.17, 15) is 0 Å². The van der Waals surface area contributed by atoms with E-state index in [0.29, 0.717) is 0 Å². The summed E-state index contributed by atoms with van der Waals surface area (Å²) < 4.78 is 6.15. The molecule has 1 unspecified atom stereocenters. The molecule has 1 aliphatic rings. The van der Waals surface area contributed by atoms with Gasteiger partial charge in [-0.15, -0.1) is 0 Å². The summed E-state index contributed by atoms with van der Waals surface area (Å²) in [4.78, 5) is 12.9. The Labute approximate surface area is 148 Å². The van der Waals surface area contributed by atoms with E-state index in [-0.39, 0.29) is 6.10 Å². The summed E-state index contributed by atoms with van der Waals surface area (Å²) >= 11 is 6.20. The Morgan fingerprint density at radius 3 is 3.00 bits per heavy atom. The third kappa shape index (κ3) is 4.66. The number of halogens is 1. The molecule has 24 heavy (non-hydrogen) atoms. The van der Waals surface area contributed by atoms with Gasteiger partial charge in [-0.2, -0.15) is 0 Å². The highest BCUT2D eigenvalue weighted by Crippen LogP contribution is 2.22. The molecule has 0 spiro atoms. The number of likely N-dealkylation sites (tertiary alicyclic amines) is 1. The van der Waals surface area contributed by atoms with Crippen molar-refractivity contribution in [3.63, 3.8) is 0 Å². The molecule has 1 atom stereocenters. The van der Waals surface area contributed by atoms with Crippen LogP contribution < -0.4 is 4.74 Å². The van der Waals surface area contributed by atoms with Gasteiger partial charge in [-0.3, -0.25) is 14.9 Å². The van der Waals surface area contributed by atoms with E-state index in [1.165, 1.54) is 0 Å². The number of hydrogen-bond donors (Lipinski definition) is 0. The summed E-state index contributed by atoms with van der Waals surface area (Å²) in [5.74, 6) is 0.899. The molecule has 1 fully saturated rings. The van der Waals surface area contributed by atoms with Crippen molar-refractivity contribution in [2.45, 2.75) is 25.6 Å². The van der Waals surface area contributed by atoms with Crippen LogP contribution in [0, 0.1) is 0 Å². The summed E-state index contributed by atoms with van der Waals surface area (Å²) in [5, 5.41) is 0.726. The average Bonchev–Trinajstić information content (AvgIpc) is 2.96. The maximum atomic E-state index is 6.20. The highest BCUT2D eigenvalue weighted by Gasteiger charge is 2.24. The van der Waals surface area contributed by atoms with Gasteiger partial charge >= 0.3 is 0 Å². The van der Waals surface area contributed by atoms with E-state index in [1.807, 2.05) is 38.5 Å². The van der Waals surface area contributed by atoms with Gasteiger partial charge in [0.1, 0.15) is 11.9 Å². The quantitative estimate of drug-likeness (QED) is 0.804. The predicted molar refractivity (Wildman–Crippen MR) is 95.2 cm³/mol. The molecule has 5 nitrogen and oxygen atoms in total. The fourth-order valence-electron chi connectivity index (χ4n) is 2.94. The van der Waals surface area contributed by atoms with E-state index < -0.39 is 0 Å². The lowest BCUT2D eigenvalue weighted by Gasteiger charge is -2.18. The monoisotopic (exact) mass is 346 g/mol. The Kier molecular flexibility index (Phi) is 5.66. The first kappa shape index (κ1) is 17.1. The second kappa shape index (κ2) is 7.92. The molecule has 1 aliphatic heterocycles. The average molecular weight is 347 g/mol. The minimum absolute atomic E-state index is 0.209. The SMILES string of the molecule is CN(C)Cc1cc(OC2CCN(Cc3ccncc3Cl)C2)ccn1. The van der Waals surface area contributed by atoms with Gasteiger partial charge in [-0.1, -0.05) is 11.6 Å². The van der Waals surface area contributed by atoms with Crippen LogP contribution in [0.25, 0.3) is 0 Å². The predicted octanol–water partition coefficient (Wildman–Crippen LogP) is 2.84. The molecular weight excluding hydrogens is 324 g/mol. The molecular formula is C18H23ClN4O. The van der Waals surface area contributed by atoms with Crippen molar-refractivity contribution in [2.75, 3.05) is 27.2 Å². The number of pyridine rings is 2. The number of hydrogen-bond acceptors (Lipinski definition) is 5. The van der Waals surface area contributed by atoms with Crippen molar-refractivity contribution in [2.24, 2.45) is 0 Å². The van der Waals surface area contributed by atoms with Gasteiger partial charge in [0.25, 0.3) is 0 Å². The Balaban J connectivity index is 1.55. The summed E-state index contributed by atoms with van der Waals surface area (Å²) in [6.45, 7) is 3.57. The Morgan fingerprint density at radius 1 is 1.33 bits per heavy atom.